The quantitative estimate of drug-likeness (QED) is 0.594. The molecule has 0 aromatic heterocycles. The molecule has 0 spiro atoms. The molecular weight excluding hydrogens is 190 g/mol. The smallest absolute Gasteiger partial charge is 0.151 e. The van der Waals surface area contributed by atoms with E-state index in [9.17, 15) is 13.5 Å². The van der Waals surface area contributed by atoms with E-state index in [4.69, 9.17) is 0 Å². The average molecular weight is 209 g/mol. The van der Waals surface area contributed by atoms with Crippen LogP contribution in [0.1, 0.15) is 20.8 Å². The zero-order valence-electron chi connectivity index (χ0n) is 8.50. The predicted molar refractivity (Wildman–Crippen MR) is 53.5 cm³/mol. The second-order valence-electron chi connectivity index (χ2n) is 3.73. The van der Waals surface area contributed by atoms with Gasteiger partial charge in [0.1, 0.15) is 0 Å². The highest BCUT2D eigenvalue weighted by molar-refractivity contribution is 7.91. The van der Waals surface area contributed by atoms with E-state index in [1.54, 1.807) is 20.8 Å². The molecule has 13 heavy (non-hydrogen) atoms. The largest absolute Gasteiger partial charge is 0.389 e. The molecule has 80 valence electrons. The van der Waals surface area contributed by atoms with Crippen LogP contribution in [0, 0.1) is 0 Å². The molecule has 0 atom stereocenters. The van der Waals surface area contributed by atoms with Crippen molar-refractivity contribution in [2.24, 2.45) is 0 Å². The lowest BCUT2D eigenvalue weighted by Crippen LogP contribution is -2.37. The molecule has 0 bridgehead atoms. The highest BCUT2D eigenvalue weighted by Crippen LogP contribution is 1.96. The lowest BCUT2D eigenvalue weighted by atomic mass is 10.1. The van der Waals surface area contributed by atoms with Gasteiger partial charge >= 0.3 is 0 Å². The van der Waals surface area contributed by atoms with Gasteiger partial charge in [0.2, 0.25) is 0 Å². The molecule has 0 aromatic rings. The maximum absolute atomic E-state index is 11.0. The highest BCUT2D eigenvalue weighted by atomic mass is 32.2. The van der Waals surface area contributed by atoms with Gasteiger partial charge in [0.15, 0.2) is 9.84 Å². The first-order valence-corrected chi connectivity index (χ1v) is 6.22. The summed E-state index contributed by atoms with van der Waals surface area (Å²) in [5, 5.41) is 12.2. The molecule has 0 heterocycles. The standard InChI is InChI=1S/C8H19NO3S/c1-4-13(11,12)6-5-9-7-8(2,3)10/h9-10H,4-7H2,1-3H3. The highest BCUT2D eigenvalue weighted by Gasteiger charge is 2.12. The topological polar surface area (TPSA) is 66.4 Å². The normalized spacial score (nSPS) is 13.2. The van der Waals surface area contributed by atoms with Gasteiger partial charge in [0, 0.05) is 18.8 Å². The molecule has 0 aromatic carbocycles. The summed E-state index contributed by atoms with van der Waals surface area (Å²) < 4.78 is 22.0. The summed E-state index contributed by atoms with van der Waals surface area (Å²) in [6.07, 6.45) is 0. The summed E-state index contributed by atoms with van der Waals surface area (Å²) in [5.74, 6) is 0.316. The fourth-order valence-corrected chi connectivity index (χ4v) is 1.51. The summed E-state index contributed by atoms with van der Waals surface area (Å²) in [6.45, 7) is 5.79. The van der Waals surface area contributed by atoms with Gasteiger partial charge in [-0.1, -0.05) is 6.92 Å². The van der Waals surface area contributed by atoms with Crippen molar-refractivity contribution in [2.45, 2.75) is 26.4 Å². The number of hydrogen-bond acceptors (Lipinski definition) is 4. The fraction of sp³-hybridized carbons (Fsp3) is 1.00. The maximum Gasteiger partial charge on any atom is 0.151 e. The minimum absolute atomic E-state index is 0.138. The molecule has 0 fully saturated rings. The number of rotatable bonds is 6. The van der Waals surface area contributed by atoms with E-state index in [0.29, 0.717) is 13.1 Å². The van der Waals surface area contributed by atoms with Gasteiger partial charge in [-0.05, 0) is 13.8 Å². The van der Waals surface area contributed by atoms with Crippen LogP contribution >= 0.6 is 0 Å². The third kappa shape index (κ3) is 8.21. The van der Waals surface area contributed by atoms with E-state index in [-0.39, 0.29) is 11.5 Å². The van der Waals surface area contributed by atoms with Crippen LogP contribution in [0.15, 0.2) is 0 Å². The van der Waals surface area contributed by atoms with E-state index in [2.05, 4.69) is 5.32 Å². The van der Waals surface area contributed by atoms with Crippen LogP contribution < -0.4 is 5.32 Å². The van der Waals surface area contributed by atoms with Crippen molar-refractivity contribution in [3.63, 3.8) is 0 Å². The molecule has 5 heteroatoms. The molecule has 0 saturated heterocycles. The van der Waals surface area contributed by atoms with Crippen molar-refractivity contribution in [2.75, 3.05) is 24.6 Å². The molecule has 0 amide bonds. The van der Waals surface area contributed by atoms with Crippen molar-refractivity contribution in [3.05, 3.63) is 0 Å². The summed E-state index contributed by atoms with van der Waals surface area (Å²) in [6, 6.07) is 0. The van der Waals surface area contributed by atoms with Crippen LogP contribution in [0.2, 0.25) is 0 Å². The Kier molecular flexibility index (Phi) is 4.88. The summed E-state index contributed by atoms with van der Waals surface area (Å²) in [4.78, 5) is 0. The number of sulfone groups is 1. The van der Waals surface area contributed by atoms with Crippen molar-refractivity contribution in [1.82, 2.24) is 5.32 Å². The van der Waals surface area contributed by atoms with E-state index in [0.717, 1.165) is 0 Å². The van der Waals surface area contributed by atoms with E-state index >= 15 is 0 Å². The van der Waals surface area contributed by atoms with Gasteiger partial charge in [-0.2, -0.15) is 0 Å². The second kappa shape index (κ2) is 4.93. The van der Waals surface area contributed by atoms with E-state index < -0.39 is 15.4 Å². The van der Waals surface area contributed by atoms with Crippen LogP contribution in [0.4, 0.5) is 0 Å². The first-order valence-electron chi connectivity index (χ1n) is 4.40. The predicted octanol–water partition coefficient (Wildman–Crippen LogP) is -0.218. The number of hydrogen-bond donors (Lipinski definition) is 2. The molecule has 0 rings (SSSR count). The van der Waals surface area contributed by atoms with Crippen molar-refractivity contribution >= 4 is 9.84 Å². The molecule has 0 aliphatic heterocycles. The molecule has 0 radical (unpaired) electrons. The van der Waals surface area contributed by atoms with Gasteiger partial charge in [0.05, 0.1) is 11.4 Å². The van der Waals surface area contributed by atoms with Gasteiger partial charge in [-0.3, -0.25) is 0 Å². The Morgan fingerprint density at radius 1 is 1.38 bits per heavy atom. The SMILES string of the molecule is CCS(=O)(=O)CCNCC(C)(C)O. The summed E-state index contributed by atoms with van der Waals surface area (Å²) >= 11 is 0. The molecule has 0 aliphatic rings. The first-order chi connectivity index (χ1) is 5.77. The Balaban J connectivity index is 3.59. The van der Waals surface area contributed by atoms with Crippen molar-refractivity contribution < 1.29 is 13.5 Å². The van der Waals surface area contributed by atoms with Crippen LogP contribution in [0.3, 0.4) is 0 Å². The minimum Gasteiger partial charge on any atom is -0.389 e. The van der Waals surface area contributed by atoms with E-state index in [1.807, 2.05) is 0 Å². The Morgan fingerprint density at radius 3 is 2.31 bits per heavy atom. The summed E-state index contributed by atoms with van der Waals surface area (Å²) in [7, 11) is -2.88. The second-order valence-corrected chi connectivity index (χ2v) is 6.20. The monoisotopic (exact) mass is 209 g/mol. The Morgan fingerprint density at radius 2 is 1.92 bits per heavy atom. The minimum atomic E-state index is -2.88. The molecule has 2 N–H and O–H groups in total. The van der Waals surface area contributed by atoms with Gasteiger partial charge < -0.3 is 10.4 Å². The summed E-state index contributed by atoms with van der Waals surface area (Å²) in [5.41, 5.74) is -0.782. The molecule has 4 nitrogen and oxygen atoms in total. The van der Waals surface area contributed by atoms with Gasteiger partial charge in [0.25, 0.3) is 0 Å². The van der Waals surface area contributed by atoms with Crippen LogP contribution in [-0.2, 0) is 9.84 Å². The molecule has 0 aliphatic carbocycles. The Bertz CT molecular complexity index is 228. The molecule has 0 unspecified atom stereocenters. The number of aliphatic hydroxyl groups is 1. The van der Waals surface area contributed by atoms with Crippen LogP contribution in [0.25, 0.3) is 0 Å². The zero-order chi connectivity index (χ0) is 10.5. The molecule has 0 saturated carbocycles. The van der Waals surface area contributed by atoms with Crippen molar-refractivity contribution in [1.29, 1.82) is 0 Å². The maximum atomic E-state index is 11.0. The zero-order valence-corrected chi connectivity index (χ0v) is 9.32. The lowest BCUT2D eigenvalue weighted by molar-refractivity contribution is 0.0805. The molecular formula is C8H19NO3S. The Hall–Kier alpha value is -0.130. The third-order valence-corrected chi connectivity index (χ3v) is 3.29. The van der Waals surface area contributed by atoms with Gasteiger partial charge in [-0.25, -0.2) is 8.42 Å². The van der Waals surface area contributed by atoms with Gasteiger partial charge in [-0.15, -0.1) is 0 Å². The number of nitrogens with one attached hydrogen (secondary N) is 1. The van der Waals surface area contributed by atoms with Crippen LogP contribution in [-0.4, -0.2) is 43.7 Å². The first kappa shape index (κ1) is 12.9. The van der Waals surface area contributed by atoms with E-state index in [1.165, 1.54) is 0 Å². The fourth-order valence-electron chi connectivity index (χ4n) is 0.766. The van der Waals surface area contributed by atoms with Crippen molar-refractivity contribution in [3.8, 4) is 0 Å². The van der Waals surface area contributed by atoms with Crippen LogP contribution in [0.5, 0.6) is 0 Å². The third-order valence-electron chi connectivity index (χ3n) is 1.59. The lowest BCUT2D eigenvalue weighted by Gasteiger charge is -2.17. The Labute approximate surface area is 80.3 Å². The average Bonchev–Trinajstić information content (AvgIpc) is 1.97.